The van der Waals surface area contributed by atoms with E-state index < -0.39 is 0 Å². The Bertz CT molecular complexity index is 411. The first-order valence-corrected chi connectivity index (χ1v) is 6.01. The van der Waals surface area contributed by atoms with Crippen molar-refractivity contribution in [1.82, 2.24) is 10.2 Å². The van der Waals surface area contributed by atoms with Crippen molar-refractivity contribution in [2.45, 2.75) is 6.92 Å². The Kier molecular flexibility index (Phi) is 3.64. The Labute approximate surface area is 102 Å². The molecule has 0 bridgehead atoms. The number of hydrogen-bond acceptors (Lipinski definition) is 3. The minimum absolute atomic E-state index is 0.136. The molecule has 0 unspecified atom stereocenters. The van der Waals surface area contributed by atoms with E-state index in [-0.39, 0.29) is 5.91 Å². The highest BCUT2D eigenvalue weighted by Crippen LogP contribution is 2.17. The maximum absolute atomic E-state index is 12.2. The SMILES string of the molecule is CNc1ccc(C(=O)N2CCNCC2)cc1C. The van der Waals surface area contributed by atoms with Crippen LogP contribution in [0.2, 0.25) is 0 Å². The van der Waals surface area contributed by atoms with Crippen molar-refractivity contribution in [2.24, 2.45) is 0 Å². The molecule has 0 aromatic heterocycles. The molecule has 1 aliphatic rings. The molecule has 0 atom stereocenters. The highest BCUT2D eigenvalue weighted by molar-refractivity contribution is 5.95. The monoisotopic (exact) mass is 233 g/mol. The predicted octanol–water partition coefficient (Wildman–Crippen LogP) is 1.08. The number of nitrogens with zero attached hydrogens (tertiary/aromatic N) is 1. The summed E-state index contributed by atoms with van der Waals surface area (Å²) >= 11 is 0. The lowest BCUT2D eigenvalue weighted by Crippen LogP contribution is -2.46. The van der Waals surface area contributed by atoms with Crippen molar-refractivity contribution in [3.63, 3.8) is 0 Å². The molecule has 0 radical (unpaired) electrons. The smallest absolute Gasteiger partial charge is 0.253 e. The van der Waals surface area contributed by atoms with Crippen molar-refractivity contribution in [3.8, 4) is 0 Å². The van der Waals surface area contributed by atoms with Crippen LogP contribution in [0.4, 0.5) is 5.69 Å². The molecule has 92 valence electrons. The van der Waals surface area contributed by atoms with Crippen molar-refractivity contribution in [1.29, 1.82) is 0 Å². The first-order valence-electron chi connectivity index (χ1n) is 6.01. The van der Waals surface area contributed by atoms with Crippen LogP contribution in [0.1, 0.15) is 15.9 Å². The third-order valence-electron chi connectivity index (χ3n) is 3.15. The number of hydrogen-bond donors (Lipinski definition) is 2. The second-order valence-electron chi connectivity index (χ2n) is 4.32. The van der Waals surface area contributed by atoms with Gasteiger partial charge in [0.15, 0.2) is 0 Å². The van der Waals surface area contributed by atoms with Crippen molar-refractivity contribution in [2.75, 3.05) is 38.5 Å². The summed E-state index contributed by atoms with van der Waals surface area (Å²) in [5, 5.41) is 6.35. The lowest BCUT2D eigenvalue weighted by atomic mass is 10.1. The first-order chi connectivity index (χ1) is 8.22. The third-order valence-corrected chi connectivity index (χ3v) is 3.15. The van der Waals surface area contributed by atoms with E-state index >= 15 is 0 Å². The lowest BCUT2D eigenvalue weighted by molar-refractivity contribution is 0.0736. The Morgan fingerprint density at radius 2 is 2.06 bits per heavy atom. The maximum atomic E-state index is 12.2. The molecule has 17 heavy (non-hydrogen) atoms. The molecule has 0 saturated carbocycles. The average molecular weight is 233 g/mol. The zero-order valence-electron chi connectivity index (χ0n) is 10.4. The molecule has 2 rings (SSSR count). The fraction of sp³-hybridized carbons (Fsp3) is 0.462. The van der Waals surface area contributed by atoms with Gasteiger partial charge < -0.3 is 15.5 Å². The summed E-state index contributed by atoms with van der Waals surface area (Å²) in [5.74, 6) is 0.136. The number of carbonyl (C=O) groups excluding carboxylic acids is 1. The number of rotatable bonds is 2. The van der Waals surface area contributed by atoms with E-state index in [1.54, 1.807) is 0 Å². The minimum Gasteiger partial charge on any atom is -0.388 e. The van der Waals surface area contributed by atoms with Gasteiger partial charge in [0.05, 0.1) is 0 Å². The van der Waals surface area contributed by atoms with Gasteiger partial charge in [-0.15, -0.1) is 0 Å². The van der Waals surface area contributed by atoms with Gasteiger partial charge in [0.25, 0.3) is 5.91 Å². The number of aryl methyl sites for hydroxylation is 1. The number of amides is 1. The van der Waals surface area contributed by atoms with Gasteiger partial charge >= 0.3 is 0 Å². The van der Waals surface area contributed by atoms with Crippen molar-refractivity contribution >= 4 is 11.6 Å². The molecule has 1 amide bonds. The molecule has 0 aliphatic carbocycles. The Morgan fingerprint density at radius 1 is 1.35 bits per heavy atom. The maximum Gasteiger partial charge on any atom is 0.253 e. The Balaban J connectivity index is 2.16. The second kappa shape index (κ2) is 5.19. The molecule has 1 aromatic rings. The van der Waals surface area contributed by atoms with Gasteiger partial charge in [-0.3, -0.25) is 4.79 Å². The molecule has 4 nitrogen and oxygen atoms in total. The molecular weight excluding hydrogens is 214 g/mol. The van der Waals surface area contributed by atoms with Crippen LogP contribution in [0, 0.1) is 6.92 Å². The van der Waals surface area contributed by atoms with Gasteiger partial charge in [-0.05, 0) is 30.7 Å². The average Bonchev–Trinajstić information content (AvgIpc) is 2.39. The predicted molar refractivity (Wildman–Crippen MR) is 69.5 cm³/mol. The van der Waals surface area contributed by atoms with Gasteiger partial charge in [0.2, 0.25) is 0 Å². The molecule has 1 fully saturated rings. The van der Waals surface area contributed by atoms with Crippen LogP contribution in [-0.2, 0) is 0 Å². The van der Waals surface area contributed by atoms with E-state index in [4.69, 9.17) is 0 Å². The van der Waals surface area contributed by atoms with E-state index in [0.29, 0.717) is 0 Å². The summed E-state index contributed by atoms with van der Waals surface area (Å²) in [6, 6.07) is 5.81. The van der Waals surface area contributed by atoms with Crippen LogP contribution in [0.25, 0.3) is 0 Å². The van der Waals surface area contributed by atoms with Crippen LogP contribution >= 0.6 is 0 Å². The van der Waals surface area contributed by atoms with E-state index in [9.17, 15) is 4.79 Å². The van der Waals surface area contributed by atoms with Gasteiger partial charge in [0, 0.05) is 44.5 Å². The zero-order chi connectivity index (χ0) is 12.3. The summed E-state index contributed by atoms with van der Waals surface area (Å²) in [6.07, 6.45) is 0. The largest absolute Gasteiger partial charge is 0.388 e. The summed E-state index contributed by atoms with van der Waals surface area (Å²) in [5.41, 5.74) is 2.96. The molecule has 1 saturated heterocycles. The summed E-state index contributed by atoms with van der Waals surface area (Å²) in [6.45, 7) is 5.39. The van der Waals surface area contributed by atoms with Crippen molar-refractivity contribution < 1.29 is 4.79 Å². The van der Waals surface area contributed by atoms with Gasteiger partial charge in [-0.1, -0.05) is 0 Å². The number of carbonyl (C=O) groups is 1. The van der Waals surface area contributed by atoms with Crippen LogP contribution in [0.3, 0.4) is 0 Å². The molecule has 4 heteroatoms. The number of anilines is 1. The Hall–Kier alpha value is -1.55. The topological polar surface area (TPSA) is 44.4 Å². The summed E-state index contributed by atoms with van der Waals surface area (Å²) in [4.78, 5) is 14.1. The lowest BCUT2D eigenvalue weighted by Gasteiger charge is -2.27. The normalized spacial score (nSPS) is 15.8. The van der Waals surface area contributed by atoms with Gasteiger partial charge in [0.1, 0.15) is 0 Å². The standard InChI is InChI=1S/C13H19N3O/c1-10-9-11(3-4-12(10)14-2)13(17)16-7-5-15-6-8-16/h3-4,9,14-15H,5-8H2,1-2H3. The number of benzene rings is 1. The van der Waals surface area contributed by atoms with Crippen LogP contribution < -0.4 is 10.6 Å². The second-order valence-corrected chi connectivity index (χ2v) is 4.32. The molecule has 1 aliphatic heterocycles. The number of piperazine rings is 1. The fourth-order valence-corrected chi connectivity index (χ4v) is 2.13. The first kappa shape index (κ1) is 11.9. The number of nitrogens with one attached hydrogen (secondary N) is 2. The highest BCUT2D eigenvalue weighted by atomic mass is 16.2. The van der Waals surface area contributed by atoms with E-state index in [1.165, 1.54) is 0 Å². The van der Waals surface area contributed by atoms with Crippen LogP contribution in [0.5, 0.6) is 0 Å². The molecule has 2 N–H and O–H groups in total. The summed E-state index contributed by atoms with van der Waals surface area (Å²) < 4.78 is 0. The van der Waals surface area contributed by atoms with Gasteiger partial charge in [-0.25, -0.2) is 0 Å². The molecule has 1 heterocycles. The van der Waals surface area contributed by atoms with Gasteiger partial charge in [-0.2, -0.15) is 0 Å². The van der Waals surface area contributed by atoms with Crippen LogP contribution in [0.15, 0.2) is 18.2 Å². The zero-order valence-corrected chi connectivity index (χ0v) is 10.4. The molecule has 1 aromatic carbocycles. The Morgan fingerprint density at radius 3 is 2.65 bits per heavy atom. The third kappa shape index (κ3) is 2.58. The van der Waals surface area contributed by atoms with E-state index in [2.05, 4.69) is 10.6 Å². The van der Waals surface area contributed by atoms with Crippen LogP contribution in [-0.4, -0.2) is 44.0 Å². The minimum atomic E-state index is 0.136. The fourth-order valence-electron chi connectivity index (χ4n) is 2.13. The quantitative estimate of drug-likeness (QED) is 0.803. The molecular formula is C13H19N3O. The summed E-state index contributed by atoms with van der Waals surface area (Å²) in [7, 11) is 1.89. The van der Waals surface area contributed by atoms with Crippen molar-refractivity contribution in [3.05, 3.63) is 29.3 Å². The highest BCUT2D eigenvalue weighted by Gasteiger charge is 2.18. The van der Waals surface area contributed by atoms with E-state index in [1.807, 2.05) is 37.1 Å². The molecule has 0 spiro atoms. The van der Waals surface area contributed by atoms with E-state index in [0.717, 1.165) is 43.0 Å².